The minimum absolute atomic E-state index is 0.0587. The van der Waals surface area contributed by atoms with Gasteiger partial charge in [0.15, 0.2) is 0 Å². The Morgan fingerprint density at radius 3 is 2.79 bits per heavy atom. The van der Waals surface area contributed by atoms with Crippen LogP contribution in [0.3, 0.4) is 0 Å². The number of anilines is 1. The van der Waals surface area contributed by atoms with E-state index in [-0.39, 0.29) is 5.91 Å². The highest BCUT2D eigenvalue weighted by Crippen LogP contribution is 2.29. The number of rotatable bonds is 2. The minimum atomic E-state index is -0.678. The molecule has 4 N–H and O–H groups in total. The van der Waals surface area contributed by atoms with Gasteiger partial charge in [-0.2, -0.15) is 0 Å². The zero-order chi connectivity index (χ0) is 13.5. The van der Waals surface area contributed by atoms with E-state index >= 15 is 0 Å². The van der Waals surface area contributed by atoms with E-state index in [2.05, 4.69) is 16.4 Å². The number of aromatic amines is 1. The lowest BCUT2D eigenvalue weighted by molar-refractivity contribution is -0.121. The Morgan fingerprint density at radius 2 is 2.05 bits per heavy atom. The molecule has 2 aromatic rings. The molecule has 3 rings (SSSR count). The number of aryl methyl sites for hydroxylation is 1. The zero-order valence-electron chi connectivity index (χ0n) is 11.1. The first-order valence-electron chi connectivity index (χ1n) is 6.77. The number of fused-ring (bicyclic) bond motifs is 1. The molecular weight excluding hydrogens is 238 g/mol. The van der Waals surface area contributed by atoms with E-state index in [1.165, 1.54) is 0 Å². The first-order chi connectivity index (χ1) is 9.07. The largest absolute Gasteiger partial charge is 0.359 e. The Labute approximate surface area is 112 Å². The van der Waals surface area contributed by atoms with Crippen molar-refractivity contribution in [1.82, 2.24) is 4.98 Å². The van der Waals surface area contributed by atoms with E-state index in [0.29, 0.717) is 0 Å². The van der Waals surface area contributed by atoms with Crippen LogP contribution in [-0.2, 0) is 4.79 Å². The van der Waals surface area contributed by atoms with Gasteiger partial charge < -0.3 is 16.0 Å². The highest BCUT2D eigenvalue weighted by atomic mass is 16.2. The van der Waals surface area contributed by atoms with E-state index < -0.39 is 5.54 Å². The maximum Gasteiger partial charge on any atom is 0.244 e. The van der Waals surface area contributed by atoms with Gasteiger partial charge in [0.1, 0.15) is 0 Å². The number of aromatic nitrogens is 1. The Morgan fingerprint density at radius 1 is 1.32 bits per heavy atom. The number of carbonyl (C=O) groups excluding carboxylic acids is 1. The average Bonchev–Trinajstić information content (AvgIpc) is 2.95. The molecule has 1 fully saturated rings. The summed E-state index contributed by atoms with van der Waals surface area (Å²) in [4.78, 5) is 15.5. The van der Waals surface area contributed by atoms with E-state index in [1.54, 1.807) is 0 Å². The first-order valence-corrected chi connectivity index (χ1v) is 6.77. The molecular formula is C15H19N3O. The van der Waals surface area contributed by atoms with Gasteiger partial charge in [-0.3, -0.25) is 4.79 Å². The molecule has 0 atom stereocenters. The molecule has 100 valence electrons. The molecule has 1 amide bonds. The zero-order valence-corrected chi connectivity index (χ0v) is 11.1. The van der Waals surface area contributed by atoms with Gasteiger partial charge in [-0.1, -0.05) is 12.8 Å². The smallest absolute Gasteiger partial charge is 0.244 e. The molecule has 0 spiro atoms. The lowest BCUT2D eigenvalue weighted by Crippen LogP contribution is -2.48. The van der Waals surface area contributed by atoms with E-state index in [0.717, 1.165) is 48.0 Å². The van der Waals surface area contributed by atoms with Gasteiger partial charge in [0.25, 0.3) is 0 Å². The number of hydrogen-bond donors (Lipinski definition) is 3. The highest BCUT2D eigenvalue weighted by molar-refractivity contribution is 5.99. The summed E-state index contributed by atoms with van der Waals surface area (Å²) < 4.78 is 0. The molecule has 1 heterocycles. The fourth-order valence-corrected chi connectivity index (χ4v) is 2.84. The summed E-state index contributed by atoms with van der Waals surface area (Å²) in [6, 6.07) is 7.94. The van der Waals surface area contributed by atoms with Gasteiger partial charge in [0, 0.05) is 22.3 Å². The SMILES string of the molecule is Cc1cc2cc(NC(=O)C3(N)CCCC3)ccc2[nH]1. The van der Waals surface area contributed by atoms with E-state index in [1.807, 2.05) is 25.1 Å². The van der Waals surface area contributed by atoms with Crippen LogP contribution in [0.15, 0.2) is 24.3 Å². The number of nitrogens with two attached hydrogens (primary N) is 1. The van der Waals surface area contributed by atoms with Crippen molar-refractivity contribution in [2.24, 2.45) is 5.73 Å². The molecule has 1 aliphatic rings. The van der Waals surface area contributed by atoms with E-state index in [4.69, 9.17) is 5.73 Å². The predicted octanol–water partition coefficient (Wildman–Crippen LogP) is 2.69. The van der Waals surface area contributed by atoms with Crippen molar-refractivity contribution in [3.63, 3.8) is 0 Å². The van der Waals surface area contributed by atoms with Crippen LogP contribution >= 0.6 is 0 Å². The van der Waals surface area contributed by atoms with Crippen molar-refractivity contribution in [3.8, 4) is 0 Å². The topological polar surface area (TPSA) is 70.9 Å². The van der Waals surface area contributed by atoms with Gasteiger partial charge >= 0.3 is 0 Å². The van der Waals surface area contributed by atoms with Crippen LogP contribution in [0, 0.1) is 6.92 Å². The highest BCUT2D eigenvalue weighted by Gasteiger charge is 2.36. The molecule has 0 aliphatic heterocycles. The Balaban J connectivity index is 1.82. The predicted molar refractivity (Wildman–Crippen MR) is 77.1 cm³/mol. The molecule has 0 unspecified atom stereocenters. The van der Waals surface area contributed by atoms with Crippen molar-refractivity contribution in [1.29, 1.82) is 0 Å². The molecule has 0 radical (unpaired) electrons. The molecule has 4 heteroatoms. The van der Waals surface area contributed by atoms with Gasteiger partial charge in [0.05, 0.1) is 5.54 Å². The lowest BCUT2D eigenvalue weighted by Gasteiger charge is -2.22. The minimum Gasteiger partial charge on any atom is -0.359 e. The van der Waals surface area contributed by atoms with Crippen LogP contribution in [0.25, 0.3) is 10.9 Å². The second-order valence-electron chi connectivity index (χ2n) is 5.57. The molecule has 4 nitrogen and oxygen atoms in total. The molecule has 1 saturated carbocycles. The summed E-state index contributed by atoms with van der Waals surface area (Å²) >= 11 is 0. The van der Waals surface area contributed by atoms with Gasteiger partial charge in [-0.05, 0) is 44.0 Å². The second kappa shape index (κ2) is 4.38. The second-order valence-corrected chi connectivity index (χ2v) is 5.57. The lowest BCUT2D eigenvalue weighted by atomic mass is 9.98. The average molecular weight is 257 g/mol. The fourth-order valence-electron chi connectivity index (χ4n) is 2.84. The summed E-state index contributed by atoms with van der Waals surface area (Å²) in [5.74, 6) is -0.0587. The number of carbonyl (C=O) groups is 1. The van der Waals surface area contributed by atoms with Crippen molar-refractivity contribution in [3.05, 3.63) is 30.0 Å². The van der Waals surface area contributed by atoms with Crippen LogP contribution in [0.4, 0.5) is 5.69 Å². The normalized spacial score (nSPS) is 17.8. The molecule has 1 aliphatic carbocycles. The Kier molecular flexibility index (Phi) is 2.82. The molecule has 1 aromatic carbocycles. The third kappa shape index (κ3) is 2.24. The number of nitrogens with one attached hydrogen (secondary N) is 2. The van der Waals surface area contributed by atoms with Gasteiger partial charge in [-0.25, -0.2) is 0 Å². The Bertz CT molecular complexity index is 623. The Hall–Kier alpha value is -1.81. The third-order valence-electron chi connectivity index (χ3n) is 3.96. The maximum atomic E-state index is 12.2. The van der Waals surface area contributed by atoms with Gasteiger partial charge in [0.2, 0.25) is 5.91 Å². The van der Waals surface area contributed by atoms with Crippen molar-refractivity contribution in [2.45, 2.75) is 38.1 Å². The van der Waals surface area contributed by atoms with Crippen LogP contribution < -0.4 is 11.1 Å². The molecule has 0 bridgehead atoms. The van der Waals surface area contributed by atoms with E-state index in [9.17, 15) is 4.79 Å². The number of amides is 1. The quantitative estimate of drug-likeness (QED) is 0.774. The number of H-pyrrole nitrogens is 1. The maximum absolute atomic E-state index is 12.2. The monoisotopic (exact) mass is 257 g/mol. The first kappa shape index (κ1) is 12.2. The summed E-state index contributed by atoms with van der Waals surface area (Å²) in [6.07, 6.45) is 3.65. The van der Waals surface area contributed by atoms with Crippen molar-refractivity contribution >= 4 is 22.5 Å². The third-order valence-corrected chi connectivity index (χ3v) is 3.96. The fraction of sp³-hybridized carbons (Fsp3) is 0.400. The van der Waals surface area contributed by atoms with Crippen LogP contribution in [0.5, 0.6) is 0 Å². The van der Waals surface area contributed by atoms with Crippen molar-refractivity contribution < 1.29 is 4.79 Å². The number of hydrogen-bond acceptors (Lipinski definition) is 2. The van der Waals surface area contributed by atoms with Crippen LogP contribution in [0.2, 0.25) is 0 Å². The number of benzene rings is 1. The molecule has 1 aromatic heterocycles. The summed E-state index contributed by atoms with van der Waals surface area (Å²) in [5.41, 5.74) is 8.48. The van der Waals surface area contributed by atoms with Crippen LogP contribution in [0.1, 0.15) is 31.4 Å². The summed E-state index contributed by atoms with van der Waals surface area (Å²) in [7, 11) is 0. The van der Waals surface area contributed by atoms with Crippen LogP contribution in [-0.4, -0.2) is 16.4 Å². The van der Waals surface area contributed by atoms with Crippen molar-refractivity contribution in [2.75, 3.05) is 5.32 Å². The standard InChI is InChI=1S/C15H19N3O/c1-10-8-11-9-12(4-5-13(11)17-10)18-14(19)15(16)6-2-3-7-15/h4-5,8-9,17H,2-3,6-7,16H2,1H3,(H,18,19). The summed E-state index contributed by atoms with van der Waals surface area (Å²) in [5, 5.41) is 4.05. The molecule has 19 heavy (non-hydrogen) atoms. The summed E-state index contributed by atoms with van der Waals surface area (Å²) in [6.45, 7) is 2.02. The van der Waals surface area contributed by atoms with Gasteiger partial charge in [-0.15, -0.1) is 0 Å². The molecule has 0 saturated heterocycles.